The molecule has 0 bridgehead atoms. The van der Waals surface area contributed by atoms with Gasteiger partial charge in [-0.2, -0.15) is 0 Å². The maximum Gasteiger partial charge on any atom is 0.262 e. The van der Waals surface area contributed by atoms with Crippen LogP contribution in [0.4, 0.5) is 15.8 Å². The van der Waals surface area contributed by atoms with Crippen molar-refractivity contribution in [3.63, 3.8) is 0 Å². The number of hydrogen-bond acceptors (Lipinski definition) is 3. The van der Waals surface area contributed by atoms with Gasteiger partial charge in [0.25, 0.3) is 11.8 Å². The van der Waals surface area contributed by atoms with E-state index in [0.29, 0.717) is 17.1 Å². The number of fused-ring (bicyclic) bond motifs is 1. The fraction of sp³-hybridized carbons (Fsp3) is 0.0667. The molecule has 0 aliphatic carbocycles. The molecule has 1 heterocycles. The van der Waals surface area contributed by atoms with Crippen molar-refractivity contribution in [3.05, 3.63) is 52.8 Å². The smallest absolute Gasteiger partial charge is 0.262 e. The van der Waals surface area contributed by atoms with Crippen LogP contribution >= 0.6 is 11.6 Å². The molecule has 5 nitrogen and oxygen atoms in total. The van der Waals surface area contributed by atoms with E-state index in [0.717, 1.165) is 6.07 Å². The van der Waals surface area contributed by atoms with Crippen LogP contribution in [0, 0.1) is 5.82 Å². The van der Waals surface area contributed by atoms with E-state index in [4.69, 9.17) is 16.3 Å². The van der Waals surface area contributed by atoms with Crippen LogP contribution in [0.25, 0.3) is 0 Å². The summed E-state index contributed by atoms with van der Waals surface area (Å²) in [6.45, 7) is -0.0520. The third kappa shape index (κ3) is 2.73. The summed E-state index contributed by atoms with van der Waals surface area (Å²) in [5, 5.41) is 5.18. The summed E-state index contributed by atoms with van der Waals surface area (Å²) in [5.74, 6) is -1.17. The highest BCUT2D eigenvalue weighted by Crippen LogP contribution is 2.31. The monoisotopic (exact) mass is 320 g/mol. The molecule has 22 heavy (non-hydrogen) atoms. The largest absolute Gasteiger partial charge is 0.482 e. The van der Waals surface area contributed by atoms with Gasteiger partial charge in [-0.15, -0.1) is 0 Å². The highest BCUT2D eigenvalue weighted by Gasteiger charge is 2.19. The summed E-state index contributed by atoms with van der Waals surface area (Å²) in [6.07, 6.45) is 0. The normalized spacial score (nSPS) is 12.9. The molecule has 1 aliphatic heterocycles. The summed E-state index contributed by atoms with van der Waals surface area (Å²) in [4.78, 5) is 23.4. The van der Waals surface area contributed by atoms with Crippen LogP contribution in [-0.4, -0.2) is 18.4 Å². The first-order chi connectivity index (χ1) is 10.5. The predicted molar refractivity (Wildman–Crippen MR) is 79.9 cm³/mol. The molecule has 2 aromatic carbocycles. The Hall–Kier alpha value is -2.60. The van der Waals surface area contributed by atoms with Crippen molar-refractivity contribution in [2.24, 2.45) is 0 Å². The van der Waals surface area contributed by atoms with Gasteiger partial charge in [-0.1, -0.05) is 17.7 Å². The number of anilines is 2. The average molecular weight is 321 g/mol. The van der Waals surface area contributed by atoms with Crippen LogP contribution in [-0.2, 0) is 4.79 Å². The Morgan fingerprint density at radius 1 is 1.32 bits per heavy atom. The summed E-state index contributed by atoms with van der Waals surface area (Å²) in [7, 11) is 0. The molecule has 0 spiro atoms. The van der Waals surface area contributed by atoms with E-state index in [-0.39, 0.29) is 23.1 Å². The van der Waals surface area contributed by atoms with E-state index in [2.05, 4.69) is 10.6 Å². The molecule has 0 unspecified atom stereocenters. The minimum absolute atomic E-state index is 0.0205. The summed E-state index contributed by atoms with van der Waals surface area (Å²) < 4.78 is 18.9. The lowest BCUT2D eigenvalue weighted by molar-refractivity contribution is -0.118. The summed E-state index contributed by atoms with van der Waals surface area (Å²) in [6, 6.07) is 8.72. The Labute approximate surface area is 130 Å². The van der Waals surface area contributed by atoms with Crippen molar-refractivity contribution in [2.45, 2.75) is 0 Å². The zero-order chi connectivity index (χ0) is 15.7. The minimum atomic E-state index is -0.709. The molecule has 0 radical (unpaired) electrons. The number of benzene rings is 2. The molecular weight excluding hydrogens is 311 g/mol. The van der Waals surface area contributed by atoms with Gasteiger partial charge in [0.1, 0.15) is 11.6 Å². The third-order valence-corrected chi connectivity index (χ3v) is 3.38. The Bertz CT molecular complexity index is 759. The lowest BCUT2D eigenvalue weighted by atomic mass is 10.2. The molecular formula is C15H10ClFN2O3. The quantitative estimate of drug-likeness (QED) is 0.893. The second kappa shape index (κ2) is 5.65. The van der Waals surface area contributed by atoms with Gasteiger partial charge in [0, 0.05) is 5.69 Å². The van der Waals surface area contributed by atoms with E-state index in [9.17, 15) is 14.0 Å². The lowest BCUT2D eigenvalue weighted by Crippen LogP contribution is -2.25. The van der Waals surface area contributed by atoms with E-state index in [1.54, 1.807) is 12.1 Å². The van der Waals surface area contributed by atoms with Gasteiger partial charge in [0.15, 0.2) is 6.61 Å². The molecule has 3 rings (SSSR count). The van der Waals surface area contributed by atoms with Gasteiger partial charge in [0.2, 0.25) is 0 Å². The van der Waals surface area contributed by atoms with Crippen molar-refractivity contribution in [1.82, 2.24) is 0 Å². The maximum absolute atomic E-state index is 13.7. The maximum atomic E-state index is 13.7. The van der Waals surface area contributed by atoms with E-state index in [1.165, 1.54) is 18.2 Å². The van der Waals surface area contributed by atoms with Crippen molar-refractivity contribution in [1.29, 1.82) is 0 Å². The van der Waals surface area contributed by atoms with Gasteiger partial charge < -0.3 is 15.4 Å². The fourth-order valence-corrected chi connectivity index (χ4v) is 2.32. The van der Waals surface area contributed by atoms with Gasteiger partial charge >= 0.3 is 0 Å². The zero-order valence-corrected chi connectivity index (χ0v) is 11.9. The van der Waals surface area contributed by atoms with Crippen LogP contribution in [0.2, 0.25) is 5.02 Å². The fourth-order valence-electron chi connectivity index (χ4n) is 2.07. The standard InChI is InChI=1S/C15H10ClFN2O3/c16-9-2-1-3-10(17)14(9)15(21)18-8-4-5-12-11(6-8)19-13(20)7-22-12/h1-6H,7H2,(H,18,21)(H,19,20). The van der Waals surface area contributed by atoms with Gasteiger partial charge in [-0.05, 0) is 30.3 Å². The average Bonchev–Trinajstić information content (AvgIpc) is 2.46. The highest BCUT2D eigenvalue weighted by molar-refractivity contribution is 6.34. The predicted octanol–water partition coefficient (Wildman–Crippen LogP) is 3.06. The van der Waals surface area contributed by atoms with Crippen LogP contribution in [0.3, 0.4) is 0 Å². The molecule has 2 aromatic rings. The van der Waals surface area contributed by atoms with Crippen LogP contribution < -0.4 is 15.4 Å². The number of carbonyl (C=O) groups excluding carboxylic acids is 2. The number of hydrogen-bond donors (Lipinski definition) is 2. The topological polar surface area (TPSA) is 67.4 Å². The van der Waals surface area contributed by atoms with E-state index in [1.807, 2.05) is 0 Å². The van der Waals surface area contributed by atoms with Crippen molar-refractivity contribution in [2.75, 3.05) is 17.2 Å². The third-order valence-electron chi connectivity index (χ3n) is 3.06. The van der Waals surface area contributed by atoms with E-state index < -0.39 is 11.7 Å². The van der Waals surface area contributed by atoms with Crippen LogP contribution in [0.1, 0.15) is 10.4 Å². The molecule has 0 saturated heterocycles. The number of amides is 2. The Kier molecular flexibility index (Phi) is 3.68. The molecule has 7 heteroatoms. The first-order valence-electron chi connectivity index (χ1n) is 6.36. The van der Waals surface area contributed by atoms with Crippen molar-refractivity contribution < 1.29 is 18.7 Å². The van der Waals surface area contributed by atoms with Gasteiger partial charge in [0.05, 0.1) is 16.3 Å². The second-order valence-electron chi connectivity index (χ2n) is 4.60. The zero-order valence-electron chi connectivity index (χ0n) is 11.2. The van der Waals surface area contributed by atoms with Crippen LogP contribution in [0.5, 0.6) is 5.75 Å². The first kappa shape index (κ1) is 14.3. The molecule has 2 N–H and O–H groups in total. The Morgan fingerprint density at radius 2 is 2.14 bits per heavy atom. The second-order valence-corrected chi connectivity index (χ2v) is 5.01. The van der Waals surface area contributed by atoms with Crippen molar-refractivity contribution >= 4 is 34.8 Å². The number of ether oxygens (including phenoxy) is 1. The Balaban J connectivity index is 1.86. The van der Waals surface area contributed by atoms with Crippen molar-refractivity contribution in [3.8, 4) is 5.75 Å². The first-order valence-corrected chi connectivity index (χ1v) is 6.74. The van der Waals surface area contributed by atoms with E-state index >= 15 is 0 Å². The summed E-state index contributed by atoms with van der Waals surface area (Å²) >= 11 is 5.85. The molecule has 1 aliphatic rings. The van der Waals surface area contributed by atoms with Crippen LogP contribution in [0.15, 0.2) is 36.4 Å². The van der Waals surface area contributed by atoms with Gasteiger partial charge in [-0.25, -0.2) is 4.39 Å². The molecule has 0 saturated carbocycles. The number of carbonyl (C=O) groups is 2. The molecule has 112 valence electrons. The number of rotatable bonds is 2. The minimum Gasteiger partial charge on any atom is -0.482 e. The number of halogens is 2. The Morgan fingerprint density at radius 3 is 2.91 bits per heavy atom. The SMILES string of the molecule is O=C1COc2ccc(NC(=O)c3c(F)cccc3Cl)cc2N1. The number of nitrogens with one attached hydrogen (secondary N) is 2. The molecule has 0 fully saturated rings. The molecule has 0 aromatic heterocycles. The highest BCUT2D eigenvalue weighted by atomic mass is 35.5. The molecule has 0 atom stereocenters. The van der Waals surface area contributed by atoms with Gasteiger partial charge in [-0.3, -0.25) is 9.59 Å². The lowest BCUT2D eigenvalue weighted by Gasteiger charge is -2.18. The molecule has 2 amide bonds. The summed E-state index contributed by atoms with van der Waals surface area (Å²) in [5.41, 5.74) is 0.588.